The van der Waals surface area contributed by atoms with Gasteiger partial charge in [0.2, 0.25) is 0 Å². The average Bonchev–Trinajstić information content (AvgIpc) is 2.32. The molecule has 18 heavy (non-hydrogen) atoms. The standard InChI is InChI=1S/C12H13Cl2NO3/c1-2-15(6-5-11(16)17)12(18)8-3-4-9(13)10(14)7-8/h3-4,7H,2,5-6H2,1H3,(H,16,17). The lowest BCUT2D eigenvalue weighted by Crippen LogP contribution is -2.32. The summed E-state index contributed by atoms with van der Waals surface area (Å²) in [5.74, 6) is -1.19. The van der Waals surface area contributed by atoms with Crippen molar-refractivity contribution in [3.05, 3.63) is 33.8 Å². The summed E-state index contributed by atoms with van der Waals surface area (Å²) in [5.41, 5.74) is 0.400. The third-order valence-electron chi connectivity index (χ3n) is 2.43. The summed E-state index contributed by atoms with van der Waals surface area (Å²) in [6, 6.07) is 4.60. The fraction of sp³-hybridized carbons (Fsp3) is 0.333. The Morgan fingerprint density at radius 3 is 2.44 bits per heavy atom. The lowest BCUT2D eigenvalue weighted by molar-refractivity contribution is -0.137. The van der Waals surface area contributed by atoms with E-state index in [4.69, 9.17) is 28.3 Å². The van der Waals surface area contributed by atoms with Crippen LogP contribution in [0.1, 0.15) is 23.7 Å². The van der Waals surface area contributed by atoms with Crippen molar-refractivity contribution >= 4 is 35.1 Å². The van der Waals surface area contributed by atoms with Crippen molar-refractivity contribution in [1.82, 2.24) is 4.90 Å². The lowest BCUT2D eigenvalue weighted by atomic mass is 10.2. The Morgan fingerprint density at radius 2 is 1.94 bits per heavy atom. The number of benzene rings is 1. The van der Waals surface area contributed by atoms with Gasteiger partial charge in [0, 0.05) is 18.7 Å². The van der Waals surface area contributed by atoms with Gasteiger partial charge in [-0.2, -0.15) is 0 Å². The van der Waals surface area contributed by atoms with E-state index in [2.05, 4.69) is 0 Å². The first-order valence-electron chi connectivity index (χ1n) is 5.41. The number of hydrogen-bond acceptors (Lipinski definition) is 2. The van der Waals surface area contributed by atoms with Gasteiger partial charge >= 0.3 is 5.97 Å². The Hall–Kier alpha value is -1.26. The molecule has 1 N–H and O–H groups in total. The van der Waals surface area contributed by atoms with E-state index in [1.807, 2.05) is 0 Å². The maximum absolute atomic E-state index is 12.1. The number of amides is 1. The highest BCUT2D eigenvalue weighted by molar-refractivity contribution is 6.42. The number of rotatable bonds is 5. The molecule has 98 valence electrons. The topological polar surface area (TPSA) is 57.6 Å². The molecule has 0 aliphatic heterocycles. The zero-order valence-corrected chi connectivity index (χ0v) is 11.3. The number of hydrogen-bond donors (Lipinski definition) is 1. The third kappa shape index (κ3) is 3.89. The molecule has 6 heteroatoms. The quantitative estimate of drug-likeness (QED) is 0.907. The van der Waals surface area contributed by atoms with Crippen LogP contribution in [-0.4, -0.2) is 35.0 Å². The predicted octanol–water partition coefficient (Wildman–Crippen LogP) is 2.93. The monoisotopic (exact) mass is 289 g/mol. The molecule has 1 aromatic carbocycles. The Morgan fingerprint density at radius 1 is 1.28 bits per heavy atom. The number of carbonyl (C=O) groups is 2. The van der Waals surface area contributed by atoms with Gasteiger partial charge in [-0.3, -0.25) is 9.59 Å². The van der Waals surface area contributed by atoms with E-state index in [0.29, 0.717) is 22.2 Å². The van der Waals surface area contributed by atoms with Crippen molar-refractivity contribution in [3.63, 3.8) is 0 Å². The van der Waals surface area contributed by atoms with E-state index in [1.165, 1.54) is 11.0 Å². The second kappa shape index (κ2) is 6.61. The van der Waals surface area contributed by atoms with Gasteiger partial charge in [0.25, 0.3) is 5.91 Å². The van der Waals surface area contributed by atoms with Crippen LogP contribution in [0.2, 0.25) is 10.0 Å². The molecule has 0 aromatic heterocycles. The summed E-state index contributed by atoms with van der Waals surface area (Å²) in [7, 11) is 0. The smallest absolute Gasteiger partial charge is 0.305 e. The summed E-state index contributed by atoms with van der Waals surface area (Å²) in [5, 5.41) is 9.29. The van der Waals surface area contributed by atoms with Crippen molar-refractivity contribution in [2.45, 2.75) is 13.3 Å². The fourth-order valence-electron chi connectivity index (χ4n) is 1.45. The van der Waals surface area contributed by atoms with E-state index in [-0.39, 0.29) is 18.9 Å². The van der Waals surface area contributed by atoms with Crippen LogP contribution in [0, 0.1) is 0 Å². The van der Waals surface area contributed by atoms with Gasteiger partial charge in [-0.1, -0.05) is 23.2 Å². The number of nitrogens with zero attached hydrogens (tertiary/aromatic N) is 1. The first kappa shape index (κ1) is 14.8. The van der Waals surface area contributed by atoms with Crippen LogP contribution < -0.4 is 0 Å². The summed E-state index contributed by atoms with van der Waals surface area (Å²) >= 11 is 11.6. The first-order chi connectivity index (χ1) is 8.45. The van der Waals surface area contributed by atoms with Gasteiger partial charge in [0.05, 0.1) is 16.5 Å². The molecule has 1 rings (SSSR count). The zero-order chi connectivity index (χ0) is 13.7. The molecule has 4 nitrogen and oxygen atoms in total. The zero-order valence-electron chi connectivity index (χ0n) is 9.82. The second-order valence-electron chi connectivity index (χ2n) is 3.66. The Balaban J connectivity index is 2.82. The fourth-order valence-corrected chi connectivity index (χ4v) is 1.74. The summed E-state index contributed by atoms with van der Waals surface area (Å²) in [6.45, 7) is 2.40. The molecule has 0 fully saturated rings. The molecule has 0 saturated heterocycles. The van der Waals surface area contributed by atoms with E-state index in [0.717, 1.165) is 0 Å². The normalized spacial score (nSPS) is 10.2. The largest absolute Gasteiger partial charge is 0.481 e. The summed E-state index contributed by atoms with van der Waals surface area (Å²) in [4.78, 5) is 24.0. The molecular formula is C12H13Cl2NO3. The number of carboxylic acids is 1. The van der Waals surface area contributed by atoms with Crippen molar-refractivity contribution in [1.29, 1.82) is 0 Å². The molecule has 0 saturated carbocycles. The van der Waals surface area contributed by atoms with Crippen molar-refractivity contribution in [2.24, 2.45) is 0 Å². The van der Waals surface area contributed by atoms with Crippen molar-refractivity contribution in [2.75, 3.05) is 13.1 Å². The average molecular weight is 290 g/mol. The molecule has 1 aromatic rings. The van der Waals surface area contributed by atoms with Gasteiger partial charge in [0.15, 0.2) is 0 Å². The van der Waals surface area contributed by atoms with E-state index < -0.39 is 5.97 Å². The van der Waals surface area contributed by atoms with Crippen LogP contribution in [0.15, 0.2) is 18.2 Å². The highest BCUT2D eigenvalue weighted by Gasteiger charge is 2.16. The van der Waals surface area contributed by atoms with Gasteiger partial charge < -0.3 is 10.0 Å². The molecule has 0 aliphatic rings. The predicted molar refractivity (Wildman–Crippen MR) is 70.3 cm³/mol. The SMILES string of the molecule is CCN(CCC(=O)O)C(=O)c1ccc(Cl)c(Cl)c1. The minimum atomic E-state index is -0.935. The van der Waals surface area contributed by atoms with E-state index in [9.17, 15) is 9.59 Å². The highest BCUT2D eigenvalue weighted by Crippen LogP contribution is 2.23. The Bertz CT molecular complexity index is 463. The lowest BCUT2D eigenvalue weighted by Gasteiger charge is -2.20. The van der Waals surface area contributed by atoms with Crippen LogP contribution in [0.25, 0.3) is 0 Å². The number of carboxylic acid groups (broad SMARTS) is 1. The van der Waals surface area contributed by atoms with Gasteiger partial charge in [-0.05, 0) is 25.1 Å². The van der Waals surface area contributed by atoms with Gasteiger partial charge in [-0.15, -0.1) is 0 Å². The molecule has 0 radical (unpaired) electrons. The Labute approximate surface area is 115 Å². The first-order valence-corrected chi connectivity index (χ1v) is 6.17. The summed E-state index contributed by atoms with van der Waals surface area (Å²) < 4.78 is 0. The van der Waals surface area contributed by atoms with Crippen LogP contribution in [0.5, 0.6) is 0 Å². The molecule has 1 amide bonds. The maximum atomic E-state index is 12.1. The van der Waals surface area contributed by atoms with Crippen molar-refractivity contribution in [3.8, 4) is 0 Å². The molecule has 0 aliphatic carbocycles. The molecular weight excluding hydrogens is 277 g/mol. The molecule has 0 heterocycles. The Kier molecular flexibility index (Phi) is 5.44. The molecule has 0 atom stereocenters. The third-order valence-corrected chi connectivity index (χ3v) is 3.17. The van der Waals surface area contributed by atoms with Gasteiger partial charge in [-0.25, -0.2) is 0 Å². The van der Waals surface area contributed by atoms with E-state index in [1.54, 1.807) is 19.1 Å². The summed E-state index contributed by atoms with van der Waals surface area (Å²) in [6.07, 6.45) is -0.0824. The number of halogens is 2. The van der Waals surface area contributed by atoms with Crippen molar-refractivity contribution < 1.29 is 14.7 Å². The molecule has 0 unspecified atom stereocenters. The molecule has 0 spiro atoms. The van der Waals surface area contributed by atoms with E-state index >= 15 is 0 Å². The van der Waals surface area contributed by atoms with Crippen LogP contribution in [0.4, 0.5) is 0 Å². The maximum Gasteiger partial charge on any atom is 0.305 e. The molecule has 0 bridgehead atoms. The number of aliphatic carboxylic acids is 1. The van der Waals surface area contributed by atoms with Gasteiger partial charge in [0.1, 0.15) is 0 Å². The minimum Gasteiger partial charge on any atom is -0.481 e. The highest BCUT2D eigenvalue weighted by atomic mass is 35.5. The van der Waals surface area contributed by atoms with Crippen LogP contribution >= 0.6 is 23.2 Å². The van der Waals surface area contributed by atoms with Crippen LogP contribution in [-0.2, 0) is 4.79 Å². The minimum absolute atomic E-state index is 0.0824. The second-order valence-corrected chi connectivity index (χ2v) is 4.47. The van der Waals surface area contributed by atoms with Crippen LogP contribution in [0.3, 0.4) is 0 Å². The number of carbonyl (C=O) groups excluding carboxylic acids is 1.